The van der Waals surface area contributed by atoms with Gasteiger partial charge < -0.3 is 15.4 Å². The molecule has 0 spiro atoms. The maximum atomic E-state index is 11.9. The van der Waals surface area contributed by atoms with Gasteiger partial charge in [0.1, 0.15) is 5.60 Å². The number of anilines is 1. The van der Waals surface area contributed by atoms with E-state index in [4.69, 9.17) is 4.74 Å². The van der Waals surface area contributed by atoms with Gasteiger partial charge in [-0.25, -0.2) is 0 Å². The van der Waals surface area contributed by atoms with E-state index in [1.165, 1.54) is 5.56 Å². The summed E-state index contributed by atoms with van der Waals surface area (Å²) in [6, 6.07) is 7.85. The zero-order valence-electron chi connectivity index (χ0n) is 16.0. The number of carbonyl (C=O) groups is 2. The number of ether oxygens (including phenoxy) is 1. The average Bonchev–Trinajstić information content (AvgIpc) is 2.51. The van der Waals surface area contributed by atoms with Crippen molar-refractivity contribution >= 4 is 17.6 Å². The third kappa shape index (κ3) is 10.6. The Bertz CT molecular complexity index is 533. The Labute approximate surface area is 151 Å². The van der Waals surface area contributed by atoms with Gasteiger partial charge in [0.15, 0.2) is 0 Å². The zero-order valence-corrected chi connectivity index (χ0v) is 16.0. The van der Waals surface area contributed by atoms with Gasteiger partial charge in [0.05, 0.1) is 0 Å². The minimum atomic E-state index is -0.416. The molecule has 2 N–H and O–H groups in total. The summed E-state index contributed by atoms with van der Waals surface area (Å²) in [6.45, 7) is 6.44. The minimum absolute atomic E-state index is 0.0357. The van der Waals surface area contributed by atoms with Gasteiger partial charge in [0.2, 0.25) is 5.91 Å². The van der Waals surface area contributed by atoms with Crippen molar-refractivity contribution in [2.45, 2.75) is 71.4 Å². The van der Waals surface area contributed by atoms with Gasteiger partial charge in [-0.05, 0) is 58.4 Å². The van der Waals surface area contributed by atoms with Crippen molar-refractivity contribution in [1.82, 2.24) is 5.32 Å². The number of nitrogens with one attached hydrogen (secondary N) is 2. The number of hydrogen-bond acceptors (Lipinski definition) is 4. The van der Waals surface area contributed by atoms with E-state index in [-0.39, 0.29) is 11.9 Å². The van der Waals surface area contributed by atoms with Crippen LogP contribution in [0.1, 0.15) is 64.9 Å². The normalized spacial score (nSPS) is 11.2. The molecule has 0 aromatic heterocycles. The molecule has 0 saturated carbocycles. The quantitative estimate of drug-likeness (QED) is 0.495. The summed E-state index contributed by atoms with van der Waals surface area (Å²) >= 11 is 0. The molecule has 0 fully saturated rings. The summed E-state index contributed by atoms with van der Waals surface area (Å²) < 4.78 is 5.27. The molecule has 0 aliphatic rings. The molecule has 0 heterocycles. The first-order valence-electron chi connectivity index (χ1n) is 9.05. The van der Waals surface area contributed by atoms with Gasteiger partial charge in [-0.15, -0.1) is 0 Å². The lowest BCUT2D eigenvalue weighted by Gasteiger charge is -2.19. The molecule has 0 unspecified atom stereocenters. The van der Waals surface area contributed by atoms with E-state index in [0.29, 0.717) is 12.8 Å². The van der Waals surface area contributed by atoms with Crippen LogP contribution in [0, 0.1) is 0 Å². The highest BCUT2D eigenvalue weighted by Crippen LogP contribution is 2.13. The Hall–Kier alpha value is -1.88. The molecule has 5 heteroatoms. The molecule has 0 aliphatic heterocycles. The fraction of sp³-hybridized carbons (Fsp3) is 0.600. The van der Waals surface area contributed by atoms with Gasteiger partial charge in [0.25, 0.3) is 0 Å². The lowest BCUT2D eigenvalue weighted by Crippen LogP contribution is -2.23. The summed E-state index contributed by atoms with van der Waals surface area (Å²) in [7, 11) is 1.91. The number of unbranched alkanes of at least 4 members (excludes halogenated alkanes) is 3. The topological polar surface area (TPSA) is 67.4 Å². The molecule has 1 aromatic rings. The third-order valence-corrected chi connectivity index (χ3v) is 3.57. The molecular weight excluding hydrogens is 316 g/mol. The average molecular weight is 348 g/mol. The molecule has 25 heavy (non-hydrogen) atoms. The van der Waals surface area contributed by atoms with E-state index in [1.54, 1.807) is 0 Å². The highest BCUT2D eigenvalue weighted by molar-refractivity contribution is 5.90. The predicted octanol–water partition coefficient (Wildman–Crippen LogP) is 4.03. The summed E-state index contributed by atoms with van der Waals surface area (Å²) in [5, 5.41) is 6.00. The lowest BCUT2D eigenvalue weighted by atomic mass is 10.1. The largest absolute Gasteiger partial charge is 0.460 e. The van der Waals surface area contributed by atoms with Crippen LogP contribution < -0.4 is 10.6 Å². The highest BCUT2D eigenvalue weighted by Gasteiger charge is 2.15. The smallest absolute Gasteiger partial charge is 0.306 e. The Balaban J connectivity index is 2.11. The van der Waals surface area contributed by atoms with Crippen molar-refractivity contribution in [3.05, 3.63) is 29.8 Å². The van der Waals surface area contributed by atoms with Gasteiger partial charge in [0, 0.05) is 25.1 Å². The van der Waals surface area contributed by atoms with E-state index >= 15 is 0 Å². The van der Waals surface area contributed by atoms with Crippen LogP contribution in [0.4, 0.5) is 5.69 Å². The number of rotatable bonds is 10. The molecule has 140 valence electrons. The molecule has 0 atom stereocenters. The van der Waals surface area contributed by atoms with Crippen molar-refractivity contribution in [3.63, 3.8) is 0 Å². The molecular formula is C20H32N2O3. The van der Waals surface area contributed by atoms with Crippen LogP contribution in [-0.4, -0.2) is 24.5 Å². The van der Waals surface area contributed by atoms with Crippen LogP contribution in [-0.2, 0) is 20.9 Å². The van der Waals surface area contributed by atoms with E-state index in [1.807, 2.05) is 52.1 Å². The third-order valence-electron chi connectivity index (χ3n) is 3.57. The van der Waals surface area contributed by atoms with Crippen molar-refractivity contribution in [1.29, 1.82) is 0 Å². The first kappa shape index (κ1) is 21.2. The molecule has 0 saturated heterocycles. The fourth-order valence-electron chi connectivity index (χ4n) is 2.43. The second-order valence-corrected chi connectivity index (χ2v) is 7.28. The number of amides is 1. The van der Waals surface area contributed by atoms with E-state index in [0.717, 1.165) is 37.9 Å². The first-order valence-corrected chi connectivity index (χ1v) is 9.05. The van der Waals surface area contributed by atoms with Crippen molar-refractivity contribution < 1.29 is 14.3 Å². The van der Waals surface area contributed by atoms with Crippen LogP contribution in [0.2, 0.25) is 0 Å². The molecule has 1 aromatic carbocycles. The molecule has 0 aliphatic carbocycles. The Morgan fingerprint density at radius 2 is 1.56 bits per heavy atom. The van der Waals surface area contributed by atoms with Gasteiger partial charge in [-0.3, -0.25) is 9.59 Å². The summed E-state index contributed by atoms with van der Waals surface area (Å²) in [4.78, 5) is 23.5. The van der Waals surface area contributed by atoms with Gasteiger partial charge >= 0.3 is 5.97 Å². The zero-order chi connectivity index (χ0) is 18.7. The second-order valence-electron chi connectivity index (χ2n) is 7.28. The van der Waals surface area contributed by atoms with Gasteiger partial charge in [-0.1, -0.05) is 25.0 Å². The predicted molar refractivity (Wildman–Crippen MR) is 101 cm³/mol. The van der Waals surface area contributed by atoms with Crippen LogP contribution in [0.25, 0.3) is 0 Å². The molecule has 0 radical (unpaired) electrons. The maximum Gasteiger partial charge on any atom is 0.306 e. The lowest BCUT2D eigenvalue weighted by molar-refractivity contribution is -0.154. The Morgan fingerprint density at radius 1 is 0.960 bits per heavy atom. The van der Waals surface area contributed by atoms with Crippen LogP contribution in [0.3, 0.4) is 0 Å². The van der Waals surface area contributed by atoms with Crippen molar-refractivity contribution in [2.75, 3.05) is 12.4 Å². The van der Waals surface area contributed by atoms with E-state index in [2.05, 4.69) is 10.6 Å². The second kappa shape index (κ2) is 10.9. The monoisotopic (exact) mass is 348 g/mol. The highest BCUT2D eigenvalue weighted by atomic mass is 16.6. The molecule has 0 bridgehead atoms. The Morgan fingerprint density at radius 3 is 2.12 bits per heavy atom. The number of benzene rings is 1. The van der Waals surface area contributed by atoms with Crippen molar-refractivity contribution in [2.24, 2.45) is 0 Å². The summed E-state index contributed by atoms with van der Waals surface area (Å²) in [5.74, 6) is -0.111. The summed E-state index contributed by atoms with van der Waals surface area (Å²) in [5.41, 5.74) is 1.60. The fourth-order valence-corrected chi connectivity index (χ4v) is 2.43. The van der Waals surface area contributed by atoms with Crippen LogP contribution >= 0.6 is 0 Å². The number of carbonyl (C=O) groups excluding carboxylic acids is 2. The van der Waals surface area contributed by atoms with Crippen LogP contribution in [0.5, 0.6) is 0 Å². The molecule has 1 amide bonds. The number of esters is 1. The van der Waals surface area contributed by atoms with Gasteiger partial charge in [-0.2, -0.15) is 0 Å². The molecule has 5 nitrogen and oxygen atoms in total. The maximum absolute atomic E-state index is 11.9. The van der Waals surface area contributed by atoms with Crippen LogP contribution in [0.15, 0.2) is 24.3 Å². The van der Waals surface area contributed by atoms with E-state index < -0.39 is 5.60 Å². The summed E-state index contributed by atoms with van der Waals surface area (Å²) in [6.07, 6.45) is 4.47. The first-order chi connectivity index (χ1) is 11.8. The minimum Gasteiger partial charge on any atom is -0.460 e. The van der Waals surface area contributed by atoms with Crippen molar-refractivity contribution in [3.8, 4) is 0 Å². The molecule has 1 rings (SSSR count). The van der Waals surface area contributed by atoms with E-state index in [9.17, 15) is 9.59 Å². The standard InChI is InChI=1S/C20H32N2O3/c1-20(2,3)25-19(24)10-8-6-5-7-9-18(23)22-17-13-11-16(12-14-17)15-21-4/h11-14,21H,5-10,15H2,1-4H3,(H,22,23). The SMILES string of the molecule is CNCc1ccc(NC(=O)CCCCCCC(=O)OC(C)(C)C)cc1. The Kier molecular flexibility index (Phi) is 9.21. The number of hydrogen-bond donors (Lipinski definition) is 2.